The van der Waals surface area contributed by atoms with Crippen LogP contribution in [0.15, 0.2) is 24.3 Å². The van der Waals surface area contributed by atoms with Gasteiger partial charge in [0.1, 0.15) is 0 Å². The van der Waals surface area contributed by atoms with Gasteiger partial charge in [-0.1, -0.05) is 24.3 Å². The molecule has 4 nitrogen and oxygen atoms in total. The van der Waals surface area contributed by atoms with E-state index in [0.29, 0.717) is 26.4 Å². The molecule has 0 N–H and O–H groups in total. The van der Waals surface area contributed by atoms with E-state index in [9.17, 15) is 0 Å². The van der Waals surface area contributed by atoms with Gasteiger partial charge in [-0.15, -0.1) is 0 Å². The van der Waals surface area contributed by atoms with Crippen LogP contribution in [0.1, 0.15) is 25.7 Å². The second kappa shape index (κ2) is 5.13. The fraction of sp³-hybridized carbons (Fsp3) is 0.714. The van der Waals surface area contributed by atoms with Crippen molar-refractivity contribution in [1.82, 2.24) is 0 Å². The van der Waals surface area contributed by atoms with E-state index in [0.717, 1.165) is 25.7 Å². The van der Waals surface area contributed by atoms with Crippen LogP contribution in [0.5, 0.6) is 0 Å². The van der Waals surface area contributed by atoms with E-state index >= 15 is 0 Å². The molecular formula is C14H20O4. The molecule has 0 unspecified atom stereocenters. The van der Waals surface area contributed by atoms with Crippen molar-refractivity contribution < 1.29 is 18.9 Å². The summed E-state index contributed by atoms with van der Waals surface area (Å²) in [6.07, 6.45) is 11.4. The van der Waals surface area contributed by atoms with Gasteiger partial charge >= 0.3 is 0 Å². The summed E-state index contributed by atoms with van der Waals surface area (Å²) in [6.45, 7) is 2.54. The van der Waals surface area contributed by atoms with Crippen molar-refractivity contribution in [2.45, 2.75) is 37.3 Å². The summed E-state index contributed by atoms with van der Waals surface area (Å²) >= 11 is 0. The zero-order valence-electron chi connectivity index (χ0n) is 10.6. The second-order valence-corrected chi connectivity index (χ2v) is 5.01. The molecule has 2 heterocycles. The molecule has 0 radical (unpaired) electrons. The Kier molecular flexibility index (Phi) is 3.52. The van der Waals surface area contributed by atoms with Crippen LogP contribution in [-0.2, 0) is 18.9 Å². The van der Waals surface area contributed by atoms with Gasteiger partial charge in [-0.25, -0.2) is 0 Å². The van der Waals surface area contributed by atoms with Gasteiger partial charge in [0, 0.05) is 25.7 Å². The predicted molar refractivity (Wildman–Crippen MR) is 66.0 cm³/mol. The molecule has 0 atom stereocenters. The Morgan fingerprint density at radius 1 is 0.500 bits per heavy atom. The summed E-state index contributed by atoms with van der Waals surface area (Å²) in [6, 6.07) is 0. The maximum Gasteiger partial charge on any atom is 0.169 e. The predicted octanol–water partition coefficient (Wildman–Crippen LogP) is 2.16. The van der Waals surface area contributed by atoms with Crippen molar-refractivity contribution in [2.75, 3.05) is 26.4 Å². The first-order chi connectivity index (χ1) is 8.83. The van der Waals surface area contributed by atoms with Crippen LogP contribution in [0.25, 0.3) is 0 Å². The smallest absolute Gasteiger partial charge is 0.169 e. The highest BCUT2D eigenvalue weighted by Gasteiger charge is 2.46. The minimum atomic E-state index is -0.429. The minimum absolute atomic E-state index is 0.429. The van der Waals surface area contributed by atoms with E-state index in [1.807, 2.05) is 24.3 Å². The van der Waals surface area contributed by atoms with E-state index < -0.39 is 11.6 Å². The molecule has 0 saturated heterocycles. The molecule has 2 aliphatic heterocycles. The zero-order chi connectivity index (χ0) is 12.3. The molecule has 1 fully saturated rings. The molecule has 0 amide bonds. The summed E-state index contributed by atoms with van der Waals surface area (Å²) in [5.74, 6) is -0.859. The molecule has 4 heteroatoms. The van der Waals surface area contributed by atoms with Crippen molar-refractivity contribution in [3.05, 3.63) is 24.3 Å². The minimum Gasteiger partial charge on any atom is -0.346 e. The lowest BCUT2D eigenvalue weighted by Crippen LogP contribution is -2.48. The largest absolute Gasteiger partial charge is 0.346 e. The molecule has 0 aromatic rings. The molecule has 100 valence electrons. The molecule has 3 aliphatic rings. The van der Waals surface area contributed by atoms with Crippen LogP contribution in [0, 0.1) is 0 Å². The van der Waals surface area contributed by atoms with Crippen molar-refractivity contribution >= 4 is 0 Å². The first kappa shape index (κ1) is 12.4. The Morgan fingerprint density at radius 2 is 0.778 bits per heavy atom. The zero-order valence-corrected chi connectivity index (χ0v) is 10.6. The van der Waals surface area contributed by atoms with Crippen LogP contribution in [-0.4, -0.2) is 38.0 Å². The molecule has 2 spiro atoms. The van der Waals surface area contributed by atoms with E-state index in [-0.39, 0.29) is 0 Å². The molecular weight excluding hydrogens is 232 g/mol. The van der Waals surface area contributed by atoms with E-state index in [4.69, 9.17) is 18.9 Å². The van der Waals surface area contributed by atoms with Crippen LogP contribution in [0.3, 0.4) is 0 Å². The Morgan fingerprint density at radius 3 is 1.06 bits per heavy atom. The second-order valence-electron chi connectivity index (χ2n) is 5.01. The fourth-order valence-corrected chi connectivity index (χ4v) is 2.74. The molecule has 1 saturated carbocycles. The Balaban J connectivity index is 1.63. The lowest BCUT2D eigenvalue weighted by atomic mass is 9.88. The van der Waals surface area contributed by atoms with Gasteiger partial charge in [-0.3, -0.25) is 0 Å². The van der Waals surface area contributed by atoms with Gasteiger partial charge < -0.3 is 18.9 Å². The standard InChI is InChI=1S/C14H20O4/c1-2-10-16-13(15-9-1)5-7-14(8-6-13)17-11-3-4-12-18-14/h1-4H,5-12H2. The van der Waals surface area contributed by atoms with E-state index in [1.165, 1.54) is 0 Å². The van der Waals surface area contributed by atoms with Gasteiger partial charge in [0.25, 0.3) is 0 Å². The highest BCUT2D eigenvalue weighted by atomic mass is 16.7. The van der Waals surface area contributed by atoms with Crippen molar-refractivity contribution in [1.29, 1.82) is 0 Å². The van der Waals surface area contributed by atoms with Gasteiger partial charge in [0.05, 0.1) is 26.4 Å². The quantitative estimate of drug-likeness (QED) is 0.619. The highest BCUT2D eigenvalue weighted by Crippen LogP contribution is 2.41. The molecule has 0 aromatic carbocycles. The topological polar surface area (TPSA) is 36.9 Å². The maximum atomic E-state index is 5.86. The average Bonchev–Trinajstić information content (AvgIpc) is 2.76. The Bertz CT molecular complexity index is 282. The van der Waals surface area contributed by atoms with Gasteiger partial charge in [-0.05, 0) is 0 Å². The molecule has 3 rings (SSSR count). The summed E-state index contributed by atoms with van der Waals surface area (Å²) in [7, 11) is 0. The number of ether oxygens (including phenoxy) is 4. The lowest BCUT2D eigenvalue weighted by Gasteiger charge is -2.44. The summed E-state index contributed by atoms with van der Waals surface area (Å²) < 4.78 is 23.4. The molecule has 0 bridgehead atoms. The van der Waals surface area contributed by atoms with Crippen molar-refractivity contribution in [2.24, 2.45) is 0 Å². The van der Waals surface area contributed by atoms with Gasteiger partial charge in [-0.2, -0.15) is 0 Å². The van der Waals surface area contributed by atoms with E-state index in [1.54, 1.807) is 0 Å². The summed E-state index contributed by atoms with van der Waals surface area (Å²) in [5, 5.41) is 0. The van der Waals surface area contributed by atoms with Crippen LogP contribution >= 0.6 is 0 Å². The van der Waals surface area contributed by atoms with Crippen LogP contribution in [0.4, 0.5) is 0 Å². The normalized spacial score (nSPS) is 30.2. The highest BCUT2D eigenvalue weighted by molar-refractivity contribution is 4.94. The lowest BCUT2D eigenvalue weighted by molar-refractivity contribution is -0.303. The third kappa shape index (κ3) is 2.52. The Labute approximate surface area is 108 Å². The van der Waals surface area contributed by atoms with Crippen molar-refractivity contribution in [3.8, 4) is 0 Å². The fourth-order valence-electron chi connectivity index (χ4n) is 2.74. The Hall–Kier alpha value is -0.680. The number of rotatable bonds is 0. The molecule has 0 aromatic heterocycles. The third-order valence-corrected chi connectivity index (χ3v) is 3.88. The summed E-state index contributed by atoms with van der Waals surface area (Å²) in [5.41, 5.74) is 0. The monoisotopic (exact) mass is 252 g/mol. The van der Waals surface area contributed by atoms with Gasteiger partial charge in [0.2, 0.25) is 0 Å². The summed E-state index contributed by atoms with van der Waals surface area (Å²) in [4.78, 5) is 0. The first-order valence-electron chi connectivity index (χ1n) is 6.69. The van der Waals surface area contributed by atoms with Crippen molar-refractivity contribution in [3.63, 3.8) is 0 Å². The van der Waals surface area contributed by atoms with E-state index in [2.05, 4.69) is 0 Å². The third-order valence-electron chi connectivity index (χ3n) is 3.88. The SMILES string of the molecule is C1=CCOC2(CCC3(CC2)OCC=CCO3)OC1. The first-order valence-corrected chi connectivity index (χ1v) is 6.69. The van der Waals surface area contributed by atoms with Crippen LogP contribution < -0.4 is 0 Å². The number of hydrogen-bond donors (Lipinski definition) is 0. The maximum absolute atomic E-state index is 5.86. The number of hydrogen-bond acceptors (Lipinski definition) is 4. The molecule has 18 heavy (non-hydrogen) atoms. The van der Waals surface area contributed by atoms with Crippen LogP contribution in [0.2, 0.25) is 0 Å². The average molecular weight is 252 g/mol. The van der Waals surface area contributed by atoms with Gasteiger partial charge in [0.15, 0.2) is 11.6 Å². The molecule has 1 aliphatic carbocycles.